The van der Waals surface area contributed by atoms with Gasteiger partial charge in [0, 0.05) is 18.1 Å². The van der Waals surface area contributed by atoms with Gasteiger partial charge in [-0.3, -0.25) is 0 Å². The van der Waals surface area contributed by atoms with Crippen LogP contribution >= 0.6 is 0 Å². The van der Waals surface area contributed by atoms with Gasteiger partial charge in [0.2, 0.25) is 5.95 Å². The van der Waals surface area contributed by atoms with E-state index in [1.807, 2.05) is 0 Å². The van der Waals surface area contributed by atoms with Crippen LogP contribution in [0.25, 0.3) is 0 Å². The van der Waals surface area contributed by atoms with Crippen molar-refractivity contribution in [3.8, 4) is 0 Å². The lowest BCUT2D eigenvalue weighted by Gasteiger charge is -2.07. The third-order valence-corrected chi connectivity index (χ3v) is 3.40. The molecular weight excluding hydrogens is 259 g/mol. The third-order valence-electron chi connectivity index (χ3n) is 2.04. The minimum atomic E-state index is -4.07. The van der Waals surface area contributed by atoms with Crippen LogP contribution in [0.5, 0.6) is 0 Å². The molecule has 0 saturated heterocycles. The number of aromatic nitrogens is 2. The number of hydrogen-bond acceptors (Lipinski definition) is 5. The first kappa shape index (κ1) is 12.2. The average molecular weight is 268 g/mol. The average Bonchev–Trinajstić information content (AvgIpc) is 2.29. The van der Waals surface area contributed by atoms with E-state index in [2.05, 4.69) is 14.7 Å². The van der Waals surface area contributed by atoms with E-state index in [-0.39, 0.29) is 11.6 Å². The summed E-state index contributed by atoms with van der Waals surface area (Å²) < 4.78 is 39.3. The van der Waals surface area contributed by atoms with E-state index in [9.17, 15) is 12.8 Å². The van der Waals surface area contributed by atoms with Gasteiger partial charge in [0.1, 0.15) is 10.7 Å². The Labute approximate surface area is 103 Å². The van der Waals surface area contributed by atoms with Gasteiger partial charge in [0.05, 0.1) is 0 Å². The minimum absolute atomic E-state index is 0.131. The van der Waals surface area contributed by atoms with Crippen molar-refractivity contribution in [2.45, 2.75) is 4.90 Å². The number of rotatable bonds is 3. The SMILES string of the molecule is Nc1ccc(S(=O)(=O)Nc2ncccn2)c(F)c1. The highest BCUT2D eigenvalue weighted by Gasteiger charge is 2.20. The lowest BCUT2D eigenvalue weighted by Crippen LogP contribution is -2.16. The quantitative estimate of drug-likeness (QED) is 0.809. The van der Waals surface area contributed by atoms with Gasteiger partial charge in [0.25, 0.3) is 10.0 Å². The Kier molecular flexibility index (Phi) is 3.11. The van der Waals surface area contributed by atoms with Gasteiger partial charge < -0.3 is 5.73 Å². The molecule has 0 atom stereocenters. The zero-order valence-corrected chi connectivity index (χ0v) is 9.86. The molecule has 1 heterocycles. The molecule has 94 valence electrons. The van der Waals surface area contributed by atoms with Gasteiger partial charge in [-0.25, -0.2) is 27.5 Å². The normalized spacial score (nSPS) is 11.2. The molecule has 6 nitrogen and oxygen atoms in total. The second-order valence-corrected chi connectivity index (χ2v) is 5.02. The maximum atomic E-state index is 13.5. The zero-order valence-electron chi connectivity index (χ0n) is 9.04. The Balaban J connectivity index is 2.37. The summed E-state index contributed by atoms with van der Waals surface area (Å²) in [6.45, 7) is 0. The predicted octanol–water partition coefficient (Wildman–Crippen LogP) is 0.999. The standard InChI is InChI=1S/C10H9FN4O2S/c11-8-6-7(12)2-3-9(8)18(16,17)15-10-13-4-1-5-14-10/h1-6H,12H2,(H,13,14,15). The Bertz CT molecular complexity index is 661. The first-order valence-corrected chi connectivity index (χ1v) is 6.32. The van der Waals surface area contributed by atoms with Crippen LogP contribution in [0.15, 0.2) is 41.6 Å². The van der Waals surface area contributed by atoms with E-state index >= 15 is 0 Å². The Morgan fingerprint density at radius 3 is 2.50 bits per heavy atom. The van der Waals surface area contributed by atoms with Crippen LogP contribution in [0.4, 0.5) is 16.0 Å². The minimum Gasteiger partial charge on any atom is -0.399 e. The monoisotopic (exact) mass is 268 g/mol. The van der Waals surface area contributed by atoms with Crippen molar-refractivity contribution < 1.29 is 12.8 Å². The van der Waals surface area contributed by atoms with Gasteiger partial charge in [-0.1, -0.05) is 0 Å². The number of halogens is 1. The molecule has 0 unspecified atom stereocenters. The largest absolute Gasteiger partial charge is 0.399 e. The summed E-state index contributed by atoms with van der Waals surface area (Å²) in [5.41, 5.74) is 5.48. The molecule has 18 heavy (non-hydrogen) atoms. The highest BCUT2D eigenvalue weighted by molar-refractivity contribution is 7.92. The smallest absolute Gasteiger partial charge is 0.267 e. The topological polar surface area (TPSA) is 98.0 Å². The second kappa shape index (κ2) is 4.57. The van der Waals surface area contributed by atoms with Crippen molar-refractivity contribution in [1.82, 2.24) is 9.97 Å². The summed E-state index contributed by atoms with van der Waals surface area (Å²) >= 11 is 0. The number of nitrogens with zero attached hydrogens (tertiary/aromatic N) is 2. The molecule has 0 fully saturated rings. The highest BCUT2D eigenvalue weighted by atomic mass is 32.2. The van der Waals surface area contributed by atoms with Crippen LogP contribution < -0.4 is 10.5 Å². The van der Waals surface area contributed by atoms with Crippen LogP contribution in [-0.2, 0) is 10.0 Å². The predicted molar refractivity (Wildman–Crippen MR) is 63.7 cm³/mol. The Hall–Kier alpha value is -2.22. The van der Waals surface area contributed by atoms with Gasteiger partial charge in [-0.05, 0) is 24.3 Å². The van der Waals surface area contributed by atoms with Crippen molar-refractivity contribution >= 4 is 21.7 Å². The first-order chi connectivity index (χ1) is 8.49. The van der Waals surface area contributed by atoms with Crippen molar-refractivity contribution in [1.29, 1.82) is 0 Å². The lowest BCUT2D eigenvalue weighted by molar-refractivity contribution is 0.570. The molecule has 0 radical (unpaired) electrons. The lowest BCUT2D eigenvalue weighted by atomic mass is 10.3. The van der Waals surface area contributed by atoms with Gasteiger partial charge in [0.15, 0.2) is 0 Å². The Morgan fingerprint density at radius 1 is 1.22 bits per heavy atom. The molecule has 0 saturated carbocycles. The fourth-order valence-electron chi connectivity index (χ4n) is 1.26. The molecule has 8 heteroatoms. The van der Waals surface area contributed by atoms with Crippen LogP contribution in [0.2, 0.25) is 0 Å². The van der Waals surface area contributed by atoms with Gasteiger partial charge in [-0.15, -0.1) is 0 Å². The van der Waals surface area contributed by atoms with Crippen LogP contribution in [0, 0.1) is 5.82 Å². The fourth-order valence-corrected chi connectivity index (χ4v) is 2.28. The zero-order chi connectivity index (χ0) is 13.2. The number of benzene rings is 1. The Morgan fingerprint density at radius 2 is 1.89 bits per heavy atom. The van der Waals surface area contributed by atoms with E-state index in [0.717, 1.165) is 12.1 Å². The summed E-state index contributed by atoms with van der Waals surface area (Å²) in [6.07, 6.45) is 2.73. The summed E-state index contributed by atoms with van der Waals surface area (Å²) in [6, 6.07) is 4.83. The van der Waals surface area contributed by atoms with Gasteiger partial charge in [-0.2, -0.15) is 0 Å². The molecular formula is C10H9FN4O2S. The highest BCUT2D eigenvalue weighted by Crippen LogP contribution is 2.18. The number of nitrogens with two attached hydrogens (primary N) is 1. The molecule has 1 aromatic heterocycles. The summed E-state index contributed by atoms with van der Waals surface area (Å²) in [7, 11) is -4.07. The third kappa shape index (κ3) is 2.54. The van der Waals surface area contributed by atoms with E-state index in [1.54, 1.807) is 0 Å². The van der Waals surface area contributed by atoms with Crippen molar-refractivity contribution in [2.75, 3.05) is 10.5 Å². The molecule has 2 aromatic rings. The summed E-state index contributed by atoms with van der Waals surface area (Å²) in [5.74, 6) is -1.06. The molecule has 1 aromatic carbocycles. The molecule has 0 amide bonds. The van der Waals surface area contributed by atoms with Crippen molar-refractivity contribution in [3.05, 3.63) is 42.5 Å². The van der Waals surface area contributed by atoms with Gasteiger partial charge >= 0.3 is 0 Å². The second-order valence-electron chi connectivity index (χ2n) is 3.37. The van der Waals surface area contributed by atoms with E-state index in [0.29, 0.717) is 0 Å². The molecule has 2 rings (SSSR count). The van der Waals surface area contributed by atoms with E-state index in [4.69, 9.17) is 5.73 Å². The van der Waals surface area contributed by atoms with Crippen LogP contribution in [-0.4, -0.2) is 18.4 Å². The van der Waals surface area contributed by atoms with Crippen LogP contribution in [0.1, 0.15) is 0 Å². The van der Waals surface area contributed by atoms with Crippen molar-refractivity contribution in [3.63, 3.8) is 0 Å². The van der Waals surface area contributed by atoms with E-state index in [1.165, 1.54) is 24.5 Å². The number of anilines is 2. The maximum absolute atomic E-state index is 13.5. The fraction of sp³-hybridized carbons (Fsp3) is 0. The molecule has 0 aliphatic heterocycles. The molecule has 0 aliphatic carbocycles. The molecule has 0 spiro atoms. The van der Waals surface area contributed by atoms with E-state index < -0.39 is 20.7 Å². The molecule has 0 bridgehead atoms. The number of nitrogen functional groups attached to an aromatic ring is 1. The van der Waals surface area contributed by atoms with Crippen molar-refractivity contribution in [2.24, 2.45) is 0 Å². The number of nitrogens with one attached hydrogen (secondary N) is 1. The first-order valence-electron chi connectivity index (χ1n) is 4.84. The van der Waals surface area contributed by atoms with Crippen LogP contribution in [0.3, 0.4) is 0 Å². The maximum Gasteiger partial charge on any atom is 0.267 e. The summed E-state index contributed by atoms with van der Waals surface area (Å²) in [5, 5.41) is 0. The molecule has 0 aliphatic rings. The molecule has 3 N–H and O–H groups in total. The summed E-state index contributed by atoms with van der Waals surface area (Å²) in [4.78, 5) is 6.87. The number of sulfonamides is 1. The number of hydrogen-bond donors (Lipinski definition) is 2.